The van der Waals surface area contributed by atoms with Crippen LogP contribution in [0.25, 0.3) is 0 Å². The molecule has 7 heteroatoms. The topological polar surface area (TPSA) is 70.2 Å². The highest BCUT2D eigenvalue weighted by molar-refractivity contribution is 5.87. The lowest BCUT2D eigenvalue weighted by atomic mass is 9.96. The van der Waals surface area contributed by atoms with Gasteiger partial charge in [0.1, 0.15) is 0 Å². The highest BCUT2D eigenvalue weighted by Crippen LogP contribution is 2.21. The summed E-state index contributed by atoms with van der Waals surface area (Å²) in [6.45, 7) is 3.61. The Bertz CT molecular complexity index is 440. The van der Waals surface area contributed by atoms with Crippen LogP contribution in [-0.4, -0.2) is 79.0 Å². The fourth-order valence-corrected chi connectivity index (χ4v) is 2.93. The minimum atomic E-state index is -0.393. The molecule has 21 heavy (non-hydrogen) atoms. The number of carbonyl (C=O) groups excluding carboxylic acids is 3. The van der Waals surface area contributed by atoms with E-state index in [2.05, 4.69) is 0 Å². The number of piperazine rings is 1. The molecule has 0 N–H and O–H groups in total. The summed E-state index contributed by atoms with van der Waals surface area (Å²) >= 11 is 0. The standard InChI is InChI=1S/C14H23N3O4/c1-10-7-17(9-12(18)15(10)2)13(19)11-5-4-6-16(8-11)14(20)21-3/h10-11H,4-9H2,1-3H3/t10-,11+/m1/s1. The summed E-state index contributed by atoms with van der Waals surface area (Å²) in [5.74, 6) is -0.305. The first-order valence-electron chi connectivity index (χ1n) is 7.31. The summed E-state index contributed by atoms with van der Waals surface area (Å²) in [6, 6.07) is 0.0236. The predicted octanol–water partition coefficient (Wildman–Crippen LogP) is 0.154. The zero-order chi connectivity index (χ0) is 15.6. The number of hydrogen-bond acceptors (Lipinski definition) is 4. The van der Waals surface area contributed by atoms with E-state index < -0.39 is 6.09 Å². The van der Waals surface area contributed by atoms with Gasteiger partial charge in [0.2, 0.25) is 11.8 Å². The van der Waals surface area contributed by atoms with Crippen molar-refractivity contribution < 1.29 is 19.1 Å². The minimum Gasteiger partial charge on any atom is -0.453 e. The van der Waals surface area contributed by atoms with Crippen molar-refractivity contribution in [3.8, 4) is 0 Å². The van der Waals surface area contributed by atoms with Crippen LogP contribution >= 0.6 is 0 Å². The molecular weight excluding hydrogens is 274 g/mol. The van der Waals surface area contributed by atoms with Crippen molar-refractivity contribution in [3.05, 3.63) is 0 Å². The average Bonchev–Trinajstić information content (AvgIpc) is 2.50. The Morgan fingerprint density at radius 2 is 1.95 bits per heavy atom. The van der Waals surface area contributed by atoms with Crippen molar-refractivity contribution in [2.45, 2.75) is 25.8 Å². The first-order chi connectivity index (χ1) is 9.93. The Balaban J connectivity index is 1.99. The van der Waals surface area contributed by atoms with Gasteiger partial charge in [-0.15, -0.1) is 0 Å². The largest absolute Gasteiger partial charge is 0.453 e. The molecule has 0 saturated carbocycles. The lowest BCUT2D eigenvalue weighted by Crippen LogP contribution is -2.57. The first-order valence-corrected chi connectivity index (χ1v) is 7.31. The third-order valence-electron chi connectivity index (χ3n) is 4.38. The molecule has 0 aromatic heterocycles. The number of likely N-dealkylation sites (tertiary alicyclic amines) is 1. The summed E-state index contributed by atoms with van der Waals surface area (Å²) in [7, 11) is 3.10. The van der Waals surface area contributed by atoms with E-state index >= 15 is 0 Å². The fourth-order valence-electron chi connectivity index (χ4n) is 2.93. The SMILES string of the molecule is COC(=O)N1CCC[C@H](C(=O)N2CC(=O)N(C)[C@H](C)C2)C1. The van der Waals surface area contributed by atoms with E-state index in [9.17, 15) is 14.4 Å². The number of hydrogen-bond donors (Lipinski definition) is 0. The molecule has 2 atom stereocenters. The molecule has 0 aromatic carbocycles. The molecule has 2 aliphatic rings. The third kappa shape index (κ3) is 3.28. The van der Waals surface area contributed by atoms with Gasteiger partial charge in [0.05, 0.1) is 19.6 Å². The van der Waals surface area contributed by atoms with E-state index in [1.807, 2.05) is 6.92 Å². The number of piperidine rings is 1. The fraction of sp³-hybridized carbons (Fsp3) is 0.786. The molecule has 2 saturated heterocycles. The van der Waals surface area contributed by atoms with Crippen LogP contribution in [0.5, 0.6) is 0 Å². The van der Waals surface area contributed by atoms with Crippen LogP contribution in [0.1, 0.15) is 19.8 Å². The molecular formula is C14H23N3O4. The summed E-state index contributed by atoms with van der Waals surface area (Å²) in [5.41, 5.74) is 0. The van der Waals surface area contributed by atoms with Crippen LogP contribution in [0.3, 0.4) is 0 Å². The van der Waals surface area contributed by atoms with Crippen LogP contribution in [-0.2, 0) is 14.3 Å². The number of amides is 3. The summed E-state index contributed by atoms with van der Waals surface area (Å²) < 4.78 is 4.71. The maximum absolute atomic E-state index is 12.6. The average molecular weight is 297 g/mol. The van der Waals surface area contributed by atoms with Gasteiger partial charge in [0.15, 0.2) is 0 Å². The summed E-state index contributed by atoms with van der Waals surface area (Å²) in [5, 5.41) is 0. The molecule has 2 aliphatic heterocycles. The Kier molecular flexibility index (Phi) is 4.69. The normalized spacial score (nSPS) is 26.8. The third-order valence-corrected chi connectivity index (χ3v) is 4.38. The van der Waals surface area contributed by atoms with Crippen LogP contribution in [0.4, 0.5) is 4.79 Å². The van der Waals surface area contributed by atoms with Gasteiger partial charge in [-0.1, -0.05) is 0 Å². The van der Waals surface area contributed by atoms with Gasteiger partial charge in [-0.3, -0.25) is 9.59 Å². The van der Waals surface area contributed by atoms with Gasteiger partial charge in [0.25, 0.3) is 0 Å². The summed E-state index contributed by atoms with van der Waals surface area (Å²) in [6.07, 6.45) is 1.14. The molecule has 0 radical (unpaired) electrons. The lowest BCUT2D eigenvalue weighted by Gasteiger charge is -2.40. The molecule has 7 nitrogen and oxygen atoms in total. The Morgan fingerprint density at radius 3 is 2.57 bits per heavy atom. The van der Waals surface area contributed by atoms with Gasteiger partial charge < -0.3 is 19.4 Å². The van der Waals surface area contributed by atoms with E-state index in [1.54, 1.807) is 21.7 Å². The number of methoxy groups -OCH3 is 1. The number of rotatable bonds is 1. The molecule has 0 aliphatic carbocycles. The molecule has 118 valence electrons. The van der Waals surface area contributed by atoms with Crippen molar-refractivity contribution in [2.75, 3.05) is 40.3 Å². The number of ether oxygens (including phenoxy) is 1. The van der Waals surface area contributed by atoms with Crippen molar-refractivity contribution in [3.63, 3.8) is 0 Å². The van der Waals surface area contributed by atoms with Gasteiger partial charge >= 0.3 is 6.09 Å². The second-order valence-electron chi connectivity index (χ2n) is 5.83. The number of carbonyl (C=O) groups is 3. The maximum atomic E-state index is 12.6. The maximum Gasteiger partial charge on any atom is 0.409 e. The predicted molar refractivity (Wildman–Crippen MR) is 75.5 cm³/mol. The zero-order valence-electron chi connectivity index (χ0n) is 12.9. The van der Waals surface area contributed by atoms with Gasteiger partial charge in [-0.25, -0.2) is 4.79 Å². The molecule has 2 rings (SSSR count). The van der Waals surface area contributed by atoms with Crippen LogP contribution < -0.4 is 0 Å². The minimum absolute atomic E-state index is 0.0236. The van der Waals surface area contributed by atoms with Gasteiger partial charge in [-0.05, 0) is 19.8 Å². The van der Waals surface area contributed by atoms with E-state index in [0.29, 0.717) is 19.6 Å². The van der Waals surface area contributed by atoms with E-state index in [4.69, 9.17) is 4.74 Å². The van der Waals surface area contributed by atoms with Crippen molar-refractivity contribution in [1.29, 1.82) is 0 Å². The Labute approximate surface area is 124 Å². The lowest BCUT2D eigenvalue weighted by molar-refractivity contribution is -0.150. The monoisotopic (exact) mass is 297 g/mol. The van der Waals surface area contributed by atoms with E-state index in [1.165, 1.54) is 7.11 Å². The smallest absolute Gasteiger partial charge is 0.409 e. The quantitative estimate of drug-likeness (QED) is 0.691. The molecule has 0 bridgehead atoms. The van der Waals surface area contributed by atoms with Crippen LogP contribution in [0, 0.1) is 5.92 Å². The van der Waals surface area contributed by atoms with Crippen molar-refractivity contribution in [2.24, 2.45) is 5.92 Å². The molecule has 2 fully saturated rings. The molecule has 0 unspecified atom stereocenters. The molecule has 2 heterocycles. The highest BCUT2D eigenvalue weighted by atomic mass is 16.5. The summed E-state index contributed by atoms with van der Waals surface area (Å²) in [4.78, 5) is 40.9. The first kappa shape index (κ1) is 15.6. The second-order valence-corrected chi connectivity index (χ2v) is 5.83. The van der Waals surface area contributed by atoms with Crippen molar-refractivity contribution >= 4 is 17.9 Å². The van der Waals surface area contributed by atoms with E-state index in [-0.39, 0.29) is 30.3 Å². The van der Waals surface area contributed by atoms with Gasteiger partial charge in [0, 0.05) is 32.7 Å². The van der Waals surface area contributed by atoms with Crippen molar-refractivity contribution in [1.82, 2.24) is 14.7 Å². The van der Waals surface area contributed by atoms with Crippen LogP contribution in [0.2, 0.25) is 0 Å². The molecule has 0 aromatic rings. The zero-order valence-corrected chi connectivity index (χ0v) is 12.9. The van der Waals surface area contributed by atoms with Gasteiger partial charge in [-0.2, -0.15) is 0 Å². The second kappa shape index (κ2) is 6.32. The molecule has 0 spiro atoms. The van der Waals surface area contributed by atoms with Crippen LogP contribution in [0.15, 0.2) is 0 Å². The molecule has 3 amide bonds. The number of likely N-dealkylation sites (N-methyl/N-ethyl adjacent to an activating group) is 1. The Morgan fingerprint density at radius 1 is 1.24 bits per heavy atom. The Hall–Kier alpha value is -1.79. The number of nitrogens with zero attached hydrogens (tertiary/aromatic N) is 3. The highest BCUT2D eigenvalue weighted by Gasteiger charge is 2.36. The van der Waals surface area contributed by atoms with E-state index in [0.717, 1.165) is 12.8 Å².